The largest absolute Gasteiger partial charge is 0.414 e. The zero-order valence-corrected chi connectivity index (χ0v) is 25.2. The van der Waals surface area contributed by atoms with Gasteiger partial charge in [0.25, 0.3) is 5.56 Å². The van der Waals surface area contributed by atoms with Crippen LogP contribution in [0.5, 0.6) is 0 Å². The first kappa shape index (κ1) is 26.7. The monoisotopic (exact) mass is 612 g/mol. The summed E-state index contributed by atoms with van der Waals surface area (Å²) < 4.78 is 22.9. The lowest BCUT2D eigenvalue weighted by Gasteiger charge is -2.51. The van der Waals surface area contributed by atoms with Crippen LogP contribution in [0.25, 0.3) is 0 Å². The maximum Gasteiger partial charge on any atom is 0.335 e. The number of thioether (sulfide) groups is 1. The number of hydrogen-bond donors (Lipinski definition) is 1. The van der Waals surface area contributed by atoms with Crippen LogP contribution in [-0.4, -0.2) is 48.6 Å². The van der Waals surface area contributed by atoms with Crippen molar-refractivity contribution in [3.8, 4) is 0 Å². The number of alkyl halides is 1. The number of rotatable bonds is 5. The fourth-order valence-electron chi connectivity index (χ4n) is 4.96. The third-order valence-electron chi connectivity index (χ3n) is 6.72. The summed E-state index contributed by atoms with van der Waals surface area (Å²) in [6, 6.07) is 1.41. The molecular formula is C21H37IN2O5SSi2. The van der Waals surface area contributed by atoms with Gasteiger partial charge in [-0.3, -0.25) is 14.3 Å². The average Bonchev–Trinajstić information content (AvgIpc) is 2.96. The molecule has 0 aliphatic carbocycles. The molecule has 2 aliphatic heterocycles. The van der Waals surface area contributed by atoms with Crippen LogP contribution in [0.2, 0.25) is 22.2 Å². The first-order valence-electron chi connectivity index (χ1n) is 11.5. The third-order valence-corrected chi connectivity index (χ3v) is 20.4. The van der Waals surface area contributed by atoms with Crippen molar-refractivity contribution in [1.29, 1.82) is 0 Å². The molecule has 2 fully saturated rings. The Balaban J connectivity index is 2.08. The van der Waals surface area contributed by atoms with E-state index < -0.39 is 17.1 Å². The van der Waals surface area contributed by atoms with E-state index in [0.717, 1.165) is 0 Å². The van der Waals surface area contributed by atoms with Crippen LogP contribution in [0.3, 0.4) is 0 Å². The van der Waals surface area contributed by atoms with E-state index in [-0.39, 0.29) is 43.0 Å². The summed E-state index contributed by atoms with van der Waals surface area (Å²) >= 11 is 4.13. The molecule has 0 bridgehead atoms. The molecule has 0 radical (unpaired) electrons. The second kappa shape index (κ2) is 9.98. The molecule has 11 heteroatoms. The second-order valence-corrected chi connectivity index (χ2v) is 21.7. The number of aromatic nitrogens is 2. The van der Waals surface area contributed by atoms with E-state index in [1.54, 1.807) is 22.5 Å². The summed E-state index contributed by atoms with van der Waals surface area (Å²) in [5.41, 5.74) is 0.356. The van der Waals surface area contributed by atoms with Crippen LogP contribution in [0.15, 0.2) is 21.9 Å². The van der Waals surface area contributed by atoms with Gasteiger partial charge in [-0.05, 0) is 22.2 Å². The van der Waals surface area contributed by atoms with Gasteiger partial charge in [-0.1, -0.05) is 78.0 Å². The molecule has 3 rings (SSSR count). The molecule has 7 nitrogen and oxygen atoms in total. The number of fused-ring (bicyclic) bond motifs is 1. The molecule has 0 aromatic carbocycles. The average molecular weight is 613 g/mol. The van der Waals surface area contributed by atoms with Crippen molar-refractivity contribution >= 4 is 51.5 Å². The van der Waals surface area contributed by atoms with Crippen molar-refractivity contribution in [1.82, 2.24) is 9.55 Å². The van der Waals surface area contributed by atoms with E-state index in [1.807, 2.05) is 0 Å². The van der Waals surface area contributed by atoms with Crippen LogP contribution in [-0.2, 0) is 13.0 Å². The Morgan fingerprint density at radius 3 is 2.09 bits per heavy atom. The van der Waals surface area contributed by atoms with Crippen molar-refractivity contribution in [2.75, 3.05) is 6.61 Å². The summed E-state index contributed by atoms with van der Waals surface area (Å²) in [4.78, 5) is 26.5. The van der Waals surface area contributed by atoms with Gasteiger partial charge >= 0.3 is 22.8 Å². The predicted octanol–water partition coefficient (Wildman–Crippen LogP) is 4.91. The Labute approximate surface area is 211 Å². The lowest BCUT2D eigenvalue weighted by atomic mass is 10.2. The molecule has 4 atom stereocenters. The van der Waals surface area contributed by atoms with Gasteiger partial charge in [0.2, 0.25) is 0 Å². The number of hydrogen-bond acceptors (Lipinski definition) is 6. The minimum atomic E-state index is -2.69. The maximum absolute atomic E-state index is 12.5. The van der Waals surface area contributed by atoms with Crippen molar-refractivity contribution in [2.24, 2.45) is 0 Å². The lowest BCUT2D eigenvalue weighted by molar-refractivity contribution is 0.0756. The minimum Gasteiger partial charge on any atom is -0.414 e. The minimum absolute atomic E-state index is 0.0371. The van der Waals surface area contributed by atoms with E-state index in [2.05, 4.69) is 83.0 Å². The molecule has 0 amide bonds. The lowest BCUT2D eigenvalue weighted by Crippen LogP contribution is -2.65. The predicted molar refractivity (Wildman–Crippen MR) is 143 cm³/mol. The number of H-pyrrole nitrogens is 1. The van der Waals surface area contributed by atoms with Crippen molar-refractivity contribution in [2.45, 2.75) is 98.2 Å². The summed E-state index contributed by atoms with van der Waals surface area (Å²) in [7, 11) is -5.27. The molecule has 1 N–H and O–H groups in total. The number of nitrogens with zero attached hydrogens (tertiary/aromatic N) is 1. The standard InChI is InChI=1S/C21H37IN2O5SSi2/c1-12(2)31(13(3)4)27-11-16-19(28-32(29-31,14(5)6)15(7)8)18(22)20(30-16)24-10-9-17(25)23-21(24)26/h9-10,12-16,18-20H,11H2,1-8H3,(H,23,25,26)/t16-,18-,19-,20-/m1/s1. The third kappa shape index (κ3) is 4.63. The van der Waals surface area contributed by atoms with Gasteiger partial charge in [-0.2, -0.15) is 0 Å². The van der Waals surface area contributed by atoms with Crippen molar-refractivity contribution in [3.05, 3.63) is 33.1 Å². The Bertz CT molecular complexity index is 906. The van der Waals surface area contributed by atoms with E-state index in [1.165, 1.54) is 6.07 Å². The van der Waals surface area contributed by atoms with E-state index >= 15 is 0 Å². The molecule has 1 aromatic heterocycles. The summed E-state index contributed by atoms with van der Waals surface area (Å²) in [5, 5.41) is -0.0461. The molecule has 182 valence electrons. The van der Waals surface area contributed by atoms with E-state index in [0.29, 0.717) is 17.7 Å². The molecule has 2 saturated heterocycles. The Kier molecular flexibility index (Phi) is 8.32. The van der Waals surface area contributed by atoms with Gasteiger partial charge in [-0.25, -0.2) is 4.79 Å². The van der Waals surface area contributed by atoms with Gasteiger partial charge in [0.1, 0.15) is 0 Å². The van der Waals surface area contributed by atoms with Crippen LogP contribution < -0.4 is 11.2 Å². The van der Waals surface area contributed by atoms with Gasteiger partial charge in [0.15, 0.2) is 0 Å². The van der Waals surface area contributed by atoms with Crippen LogP contribution in [0.4, 0.5) is 0 Å². The Hall–Kier alpha value is 0.0738. The summed E-state index contributed by atoms with van der Waals surface area (Å²) in [5.74, 6) is 0. The number of halogens is 1. The molecular weight excluding hydrogens is 575 g/mol. The van der Waals surface area contributed by atoms with E-state index in [9.17, 15) is 9.59 Å². The van der Waals surface area contributed by atoms with Crippen molar-refractivity contribution in [3.63, 3.8) is 0 Å². The first-order valence-corrected chi connectivity index (χ1v) is 17.6. The molecule has 2 aliphatic rings. The van der Waals surface area contributed by atoms with Gasteiger partial charge < -0.3 is 13.0 Å². The van der Waals surface area contributed by atoms with Gasteiger partial charge in [0.05, 0.1) is 27.3 Å². The van der Waals surface area contributed by atoms with Gasteiger partial charge in [0, 0.05) is 12.3 Å². The maximum atomic E-state index is 12.5. The molecule has 1 aromatic rings. The summed E-state index contributed by atoms with van der Waals surface area (Å²) in [6.07, 6.45) is 1.50. The molecule has 32 heavy (non-hydrogen) atoms. The van der Waals surface area contributed by atoms with E-state index in [4.69, 9.17) is 13.0 Å². The molecule has 0 unspecified atom stereocenters. The van der Waals surface area contributed by atoms with Crippen LogP contribution in [0.1, 0.15) is 60.8 Å². The fraction of sp³-hybridized carbons (Fsp3) is 0.810. The van der Waals surface area contributed by atoms with Crippen LogP contribution in [0, 0.1) is 0 Å². The highest BCUT2D eigenvalue weighted by atomic mass is 127. The quantitative estimate of drug-likeness (QED) is 0.289. The highest BCUT2D eigenvalue weighted by Crippen LogP contribution is 2.53. The molecule has 3 heterocycles. The smallest absolute Gasteiger partial charge is 0.335 e. The Morgan fingerprint density at radius 1 is 1.03 bits per heavy atom. The SMILES string of the molecule is CC(C)[Si]1(C(C)C)OC[C@H]2S[C@@H](n3ccc(=O)[nH]c3=O)[C@H](I)[C@@H]2O[Si](C(C)C)(C(C)C)O1. The number of aromatic amines is 1. The van der Waals surface area contributed by atoms with Crippen molar-refractivity contribution < 1.29 is 13.0 Å². The summed E-state index contributed by atoms with van der Waals surface area (Å²) in [6.45, 7) is 18.3. The molecule has 0 spiro atoms. The normalized spacial score (nSPS) is 30.0. The topological polar surface area (TPSA) is 82.6 Å². The second-order valence-electron chi connectivity index (χ2n) is 10.1. The zero-order chi connectivity index (χ0) is 24.0. The Morgan fingerprint density at radius 2 is 1.59 bits per heavy atom. The fourth-order valence-corrected chi connectivity index (χ4v) is 20.0. The highest BCUT2D eigenvalue weighted by molar-refractivity contribution is 14.1. The zero-order valence-electron chi connectivity index (χ0n) is 20.3. The number of nitrogens with one attached hydrogen (secondary N) is 1. The first-order chi connectivity index (χ1) is 14.9. The highest BCUT2D eigenvalue weighted by Gasteiger charge is 2.61. The van der Waals surface area contributed by atoms with Gasteiger partial charge in [-0.15, -0.1) is 11.8 Å². The molecule has 0 saturated carbocycles. The van der Waals surface area contributed by atoms with Crippen LogP contribution >= 0.6 is 34.4 Å².